The molecule has 0 unspecified atom stereocenters. The molecule has 0 aliphatic carbocycles. The van der Waals surface area contributed by atoms with Crippen LogP contribution in [0.25, 0.3) is 0 Å². The van der Waals surface area contributed by atoms with E-state index in [0.717, 1.165) is 53.9 Å². The van der Waals surface area contributed by atoms with E-state index >= 15 is 0 Å². The highest BCUT2D eigenvalue weighted by atomic mass is 16.5. The number of aryl methyl sites for hydroxylation is 1. The second-order valence-electron chi connectivity index (χ2n) is 6.79. The molecule has 2 aliphatic rings. The number of amides is 2. The zero-order valence-electron chi connectivity index (χ0n) is 14.9. The molecule has 134 valence electrons. The van der Waals surface area contributed by atoms with Gasteiger partial charge in [0.05, 0.1) is 12.8 Å². The molecule has 0 fully saturated rings. The molecule has 2 amide bonds. The molecule has 4 rings (SSSR count). The molecule has 0 spiro atoms. The smallest absolute Gasteiger partial charge is 0.251 e. The highest BCUT2D eigenvalue weighted by molar-refractivity contribution is 6.01. The normalized spacial score (nSPS) is 15.0. The van der Waals surface area contributed by atoms with E-state index in [1.54, 1.807) is 7.11 Å². The van der Waals surface area contributed by atoms with Crippen LogP contribution in [0, 0.1) is 0 Å². The van der Waals surface area contributed by atoms with Crippen LogP contribution in [0.1, 0.15) is 33.5 Å². The third kappa shape index (κ3) is 3.05. The Balaban J connectivity index is 1.42. The topological polar surface area (TPSA) is 58.6 Å². The predicted molar refractivity (Wildman–Crippen MR) is 99.9 cm³/mol. The minimum Gasteiger partial charge on any atom is -0.497 e. The number of carbonyl (C=O) groups excluding carboxylic acids is 2. The van der Waals surface area contributed by atoms with Gasteiger partial charge in [0.1, 0.15) is 5.75 Å². The van der Waals surface area contributed by atoms with Gasteiger partial charge in [0.2, 0.25) is 5.91 Å². The fourth-order valence-corrected chi connectivity index (χ4v) is 3.80. The van der Waals surface area contributed by atoms with Crippen LogP contribution in [0.5, 0.6) is 5.75 Å². The van der Waals surface area contributed by atoms with Gasteiger partial charge < -0.3 is 15.0 Å². The van der Waals surface area contributed by atoms with Crippen LogP contribution in [0.4, 0.5) is 5.69 Å². The second-order valence-corrected chi connectivity index (χ2v) is 6.79. The average molecular weight is 350 g/mol. The summed E-state index contributed by atoms with van der Waals surface area (Å²) in [5, 5.41) is 3.01. The van der Waals surface area contributed by atoms with E-state index in [1.807, 2.05) is 41.3 Å². The highest BCUT2D eigenvalue weighted by Gasteiger charge is 2.31. The van der Waals surface area contributed by atoms with Gasteiger partial charge in [0.25, 0.3) is 5.91 Å². The van der Waals surface area contributed by atoms with E-state index in [1.165, 1.54) is 0 Å². The second kappa shape index (κ2) is 6.83. The molecule has 2 aromatic rings. The van der Waals surface area contributed by atoms with E-state index in [-0.39, 0.29) is 11.8 Å². The fourth-order valence-electron chi connectivity index (χ4n) is 3.80. The van der Waals surface area contributed by atoms with E-state index in [2.05, 4.69) is 5.32 Å². The maximum absolute atomic E-state index is 12.6. The standard InChI is InChI=1S/C21H22N2O3/c1-26-18-5-2-14(3-6-18)8-10-22-21(25)17-12-15-4-7-19(24)23-11-9-16(13-17)20(15)23/h2-3,5-6,12-13H,4,7-11H2,1H3,(H,22,25). The third-order valence-electron chi connectivity index (χ3n) is 5.17. The number of nitrogens with zero attached hydrogens (tertiary/aromatic N) is 1. The van der Waals surface area contributed by atoms with Crippen molar-refractivity contribution in [1.29, 1.82) is 0 Å². The summed E-state index contributed by atoms with van der Waals surface area (Å²) < 4.78 is 5.15. The van der Waals surface area contributed by atoms with Crippen molar-refractivity contribution in [2.75, 3.05) is 25.1 Å². The molecule has 0 saturated heterocycles. The lowest BCUT2D eigenvalue weighted by molar-refractivity contribution is -0.118. The first-order valence-corrected chi connectivity index (χ1v) is 9.03. The van der Waals surface area contributed by atoms with Gasteiger partial charge in [-0.2, -0.15) is 0 Å². The van der Waals surface area contributed by atoms with Gasteiger partial charge in [-0.05, 0) is 60.2 Å². The van der Waals surface area contributed by atoms with Crippen LogP contribution in [0.3, 0.4) is 0 Å². The van der Waals surface area contributed by atoms with Crippen LogP contribution >= 0.6 is 0 Å². The first kappa shape index (κ1) is 16.6. The quantitative estimate of drug-likeness (QED) is 0.901. The molecular weight excluding hydrogens is 328 g/mol. The minimum absolute atomic E-state index is 0.0482. The number of hydrogen-bond donors (Lipinski definition) is 1. The molecule has 0 saturated carbocycles. The summed E-state index contributed by atoms with van der Waals surface area (Å²) in [4.78, 5) is 26.4. The molecule has 0 atom stereocenters. The molecule has 0 aromatic heterocycles. The molecule has 26 heavy (non-hydrogen) atoms. The molecule has 0 radical (unpaired) electrons. The lowest BCUT2D eigenvalue weighted by Crippen LogP contribution is -2.33. The number of methoxy groups -OCH3 is 1. The molecule has 1 N–H and O–H groups in total. The monoisotopic (exact) mass is 350 g/mol. The van der Waals surface area contributed by atoms with Crippen molar-refractivity contribution in [2.24, 2.45) is 0 Å². The van der Waals surface area contributed by atoms with E-state index in [4.69, 9.17) is 4.74 Å². The Morgan fingerprint density at radius 2 is 1.85 bits per heavy atom. The third-order valence-corrected chi connectivity index (χ3v) is 5.17. The van der Waals surface area contributed by atoms with Crippen molar-refractivity contribution in [2.45, 2.75) is 25.7 Å². The molecule has 5 nitrogen and oxygen atoms in total. The molecule has 5 heteroatoms. The Bertz CT molecular complexity index is 858. The maximum Gasteiger partial charge on any atom is 0.251 e. The van der Waals surface area contributed by atoms with Gasteiger partial charge >= 0.3 is 0 Å². The van der Waals surface area contributed by atoms with Crippen LogP contribution < -0.4 is 15.0 Å². The van der Waals surface area contributed by atoms with E-state index in [0.29, 0.717) is 18.5 Å². The summed E-state index contributed by atoms with van der Waals surface area (Å²) in [6, 6.07) is 11.8. The predicted octanol–water partition coefficient (Wildman–Crippen LogP) is 2.50. The molecule has 2 aliphatic heterocycles. The first-order valence-electron chi connectivity index (χ1n) is 9.03. The number of nitrogens with one attached hydrogen (secondary N) is 1. The van der Waals surface area contributed by atoms with Crippen LogP contribution in [0.2, 0.25) is 0 Å². The van der Waals surface area contributed by atoms with Gasteiger partial charge in [0, 0.05) is 25.1 Å². The summed E-state index contributed by atoms with van der Waals surface area (Å²) in [6.07, 6.45) is 2.87. The largest absolute Gasteiger partial charge is 0.497 e. The van der Waals surface area contributed by atoms with Crippen molar-refractivity contribution >= 4 is 17.5 Å². The number of carbonyl (C=O) groups is 2. The van der Waals surface area contributed by atoms with E-state index in [9.17, 15) is 9.59 Å². The van der Waals surface area contributed by atoms with Gasteiger partial charge in [-0.15, -0.1) is 0 Å². The van der Waals surface area contributed by atoms with Gasteiger partial charge in [-0.25, -0.2) is 0 Å². The summed E-state index contributed by atoms with van der Waals surface area (Å²) in [5.74, 6) is 0.985. The Morgan fingerprint density at radius 3 is 2.58 bits per heavy atom. The number of ether oxygens (including phenoxy) is 1. The van der Waals surface area contributed by atoms with Crippen molar-refractivity contribution in [3.8, 4) is 5.75 Å². The first-order chi connectivity index (χ1) is 12.7. The maximum atomic E-state index is 12.6. The average Bonchev–Trinajstić information content (AvgIpc) is 3.10. The molecule has 0 bridgehead atoms. The Hall–Kier alpha value is -2.82. The van der Waals surface area contributed by atoms with Crippen molar-refractivity contribution < 1.29 is 14.3 Å². The van der Waals surface area contributed by atoms with Crippen molar-refractivity contribution in [1.82, 2.24) is 5.32 Å². The number of anilines is 1. The Kier molecular flexibility index (Phi) is 4.37. The molecular formula is C21H22N2O3. The minimum atomic E-state index is -0.0482. The number of hydrogen-bond acceptors (Lipinski definition) is 3. The van der Waals surface area contributed by atoms with Crippen LogP contribution in [0.15, 0.2) is 36.4 Å². The lowest BCUT2D eigenvalue weighted by Gasteiger charge is -2.25. The van der Waals surface area contributed by atoms with Crippen molar-refractivity contribution in [3.63, 3.8) is 0 Å². The van der Waals surface area contributed by atoms with Gasteiger partial charge in [0.15, 0.2) is 0 Å². The summed E-state index contributed by atoms with van der Waals surface area (Å²) in [5.41, 5.74) is 5.15. The highest BCUT2D eigenvalue weighted by Crippen LogP contribution is 2.37. The summed E-state index contributed by atoms with van der Waals surface area (Å²) in [7, 11) is 1.65. The molecule has 2 aromatic carbocycles. The lowest BCUT2D eigenvalue weighted by atomic mass is 9.96. The zero-order chi connectivity index (χ0) is 18.1. The van der Waals surface area contributed by atoms with Gasteiger partial charge in [-0.1, -0.05) is 12.1 Å². The fraction of sp³-hybridized carbons (Fsp3) is 0.333. The van der Waals surface area contributed by atoms with Crippen LogP contribution in [-0.4, -0.2) is 32.0 Å². The number of rotatable bonds is 5. The van der Waals surface area contributed by atoms with Crippen molar-refractivity contribution in [3.05, 3.63) is 58.7 Å². The Morgan fingerprint density at radius 1 is 1.12 bits per heavy atom. The Labute approximate surface area is 153 Å². The summed E-state index contributed by atoms with van der Waals surface area (Å²) >= 11 is 0. The zero-order valence-corrected chi connectivity index (χ0v) is 14.9. The van der Waals surface area contributed by atoms with Crippen LogP contribution in [-0.2, 0) is 24.1 Å². The summed E-state index contributed by atoms with van der Waals surface area (Å²) in [6.45, 7) is 1.33. The van der Waals surface area contributed by atoms with Gasteiger partial charge in [-0.3, -0.25) is 9.59 Å². The number of benzene rings is 2. The SMILES string of the molecule is COc1ccc(CCNC(=O)c2cc3c4c(c2)CCN4C(=O)CC3)cc1. The van der Waals surface area contributed by atoms with E-state index < -0.39 is 0 Å². The molecule has 2 heterocycles.